The van der Waals surface area contributed by atoms with Crippen LogP contribution >= 0.6 is 11.6 Å². The molecular weight excluding hydrogens is 1120 g/mol. The number of fused-ring (bicyclic) bond motifs is 5. The number of alkyl carbamates (subject to hydrolysis) is 1. The number of Topliss-reactive ketones (excluding diaryl/α,β-unsaturated/α-hetero) is 2. The number of hydrogen-bond donors (Lipinski definition) is 4. The van der Waals surface area contributed by atoms with Gasteiger partial charge in [-0.25, -0.2) is 24.0 Å². The van der Waals surface area contributed by atoms with Crippen molar-refractivity contribution in [2.45, 2.75) is 160 Å². The first-order chi connectivity index (χ1) is 40.4. The standard InChI is InChI=1S/C61H83ClN6O17/c1-11-43(69)35-63-47-30-40(22-23-46(47)64-56(73)82-45-19-15-13-12-14-16-20-45)36-81-59(76)67(7)26-25-66(6)58(75)80-27-24-52(71)68(8)39(4)55(72)84-51-33-44(70)32-42-29-41(31-48(78-9)53(42)62)28-37(2)18-17-21-50(79-10)61(77)34-49(83-57(74)65-61)38(3)54-60(51,5)85-54/h15,17-19,21-23,29-31,38-39,45,49-51,54,63,77H,11-14,16,20,24-28,32-36H2,1-10H3,(H,64,73)(H,65,74)/b19-15+,21-17+,37-18+/t38-,39+,45?,49+,50-,51+,54+,60+,61+/m1/s1. The Balaban J connectivity index is 1.02. The average Bonchev–Trinajstić information content (AvgIpc) is 1.97. The lowest BCUT2D eigenvalue weighted by Crippen LogP contribution is -2.63. The Morgan fingerprint density at radius 3 is 2.38 bits per heavy atom. The van der Waals surface area contributed by atoms with Crippen LogP contribution in [0.4, 0.5) is 30.6 Å². The first-order valence-electron chi connectivity index (χ1n) is 28.8. The van der Waals surface area contributed by atoms with Crippen molar-refractivity contribution >= 4 is 70.8 Å². The maximum absolute atomic E-state index is 14.1. The van der Waals surface area contributed by atoms with E-state index in [0.717, 1.165) is 48.1 Å². The molecule has 2 aliphatic carbocycles. The molecule has 24 heteroatoms. The molecule has 0 saturated carbocycles. The number of esters is 1. The number of amides is 5. The van der Waals surface area contributed by atoms with Gasteiger partial charge < -0.3 is 63.0 Å². The van der Waals surface area contributed by atoms with E-state index in [1.165, 1.54) is 52.1 Å². The summed E-state index contributed by atoms with van der Waals surface area (Å²) in [5, 5.41) is 20.4. The van der Waals surface area contributed by atoms with E-state index in [0.29, 0.717) is 41.1 Å². The van der Waals surface area contributed by atoms with Gasteiger partial charge >= 0.3 is 30.3 Å². The van der Waals surface area contributed by atoms with E-state index < -0.39 is 84.0 Å². The Hall–Kier alpha value is -7.21. The minimum Gasteiger partial charge on any atom is -0.495 e. The maximum atomic E-state index is 14.1. The highest BCUT2D eigenvalue weighted by Crippen LogP contribution is 2.49. The van der Waals surface area contributed by atoms with Gasteiger partial charge in [0, 0.05) is 72.9 Å². The van der Waals surface area contributed by atoms with Gasteiger partial charge in [-0.2, -0.15) is 0 Å². The molecule has 0 radical (unpaired) electrons. The second kappa shape index (κ2) is 30.7. The molecule has 2 heterocycles. The number of ketones is 2. The second-order valence-electron chi connectivity index (χ2n) is 22.3. The summed E-state index contributed by atoms with van der Waals surface area (Å²) >= 11 is 6.77. The van der Waals surface area contributed by atoms with Crippen LogP contribution in [0, 0.1) is 5.92 Å². The highest BCUT2D eigenvalue weighted by molar-refractivity contribution is 6.33. The number of epoxide rings is 1. The second-order valence-corrected chi connectivity index (χ2v) is 22.7. The summed E-state index contributed by atoms with van der Waals surface area (Å²) in [7, 11) is 7.21. The van der Waals surface area contributed by atoms with E-state index in [2.05, 4.69) is 16.0 Å². The predicted molar refractivity (Wildman–Crippen MR) is 314 cm³/mol. The lowest BCUT2D eigenvalue weighted by atomic mass is 9.83. The van der Waals surface area contributed by atoms with Crippen LogP contribution in [0.15, 0.2) is 66.3 Å². The zero-order chi connectivity index (χ0) is 62.2. The molecule has 9 atom stereocenters. The summed E-state index contributed by atoms with van der Waals surface area (Å²) in [4.78, 5) is 110. The van der Waals surface area contributed by atoms with Crippen LogP contribution < -0.4 is 20.7 Å². The summed E-state index contributed by atoms with van der Waals surface area (Å²) in [5.41, 5.74) is 0.373. The fraction of sp³-hybridized carbons (Fsp3) is 0.574. The van der Waals surface area contributed by atoms with Crippen LogP contribution in [0.2, 0.25) is 5.02 Å². The van der Waals surface area contributed by atoms with Crippen molar-refractivity contribution in [2.75, 3.05) is 72.2 Å². The lowest BCUT2D eigenvalue weighted by Gasteiger charge is -2.42. The number of carbonyl (C=O) groups is 8. The molecular formula is C61H83ClN6O17. The van der Waals surface area contributed by atoms with E-state index in [-0.39, 0.29) is 81.2 Å². The zero-order valence-electron chi connectivity index (χ0n) is 50.3. The minimum absolute atomic E-state index is 0.0105. The molecule has 2 aliphatic heterocycles. The van der Waals surface area contributed by atoms with Crippen molar-refractivity contribution in [2.24, 2.45) is 5.92 Å². The third-order valence-corrected chi connectivity index (χ3v) is 16.2. The van der Waals surface area contributed by atoms with Gasteiger partial charge in [0.15, 0.2) is 11.5 Å². The van der Waals surface area contributed by atoms with E-state index in [4.69, 9.17) is 49.5 Å². The third kappa shape index (κ3) is 18.6. The van der Waals surface area contributed by atoms with Crippen molar-refractivity contribution < 1.29 is 81.4 Å². The Bertz CT molecular complexity index is 2850. The molecule has 6 rings (SSSR count). The maximum Gasteiger partial charge on any atom is 0.412 e. The fourth-order valence-corrected chi connectivity index (χ4v) is 10.5. The molecule has 23 nitrogen and oxygen atoms in total. The minimum atomic E-state index is -1.89. The summed E-state index contributed by atoms with van der Waals surface area (Å²) < 4.78 is 45.9. The molecule has 2 aromatic carbocycles. The molecule has 2 saturated heterocycles. The van der Waals surface area contributed by atoms with Crippen molar-refractivity contribution in [3.8, 4) is 5.75 Å². The predicted octanol–water partition coefficient (Wildman–Crippen LogP) is 8.22. The Morgan fingerprint density at radius 1 is 0.941 bits per heavy atom. The number of ether oxygens (including phenoxy) is 8. The van der Waals surface area contributed by atoms with Crippen molar-refractivity contribution in [1.82, 2.24) is 20.0 Å². The number of halogens is 1. The molecule has 4 aliphatic rings. The van der Waals surface area contributed by atoms with E-state index in [1.54, 1.807) is 57.2 Å². The molecule has 85 heavy (non-hydrogen) atoms. The number of nitrogens with zero attached hydrogens (tertiary/aromatic N) is 3. The van der Waals surface area contributed by atoms with Gasteiger partial charge in [0.25, 0.3) is 0 Å². The number of rotatable bonds is 19. The number of aliphatic hydroxyl groups is 1. The van der Waals surface area contributed by atoms with E-state index in [9.17, 15) is 43.5 Å². The topological polar surface area (TPSA) is 280 Å². The molecule has 0 aromatic heterocycles. The van der Waals surface area contributed by atoms with Gasteiger partial charge in [-0.15, -0.1) is 0 Å². The van der Waals surface area contributed by atoms with Gasteiger partial charge in [-0.1, -0.05) is 73.9 Å². The smallest absolute Gasteiger partial charge is 0.412 e. The monoisotopic (exact) mass is 1210 g/mol. The number of nitrogens with one attached hydrogen (secondary N) is 3. The van der Waals surface area contributed by atoms with Crippen molar-refractivity contribution in [3.63, 3.8) is 0 Å². The molecule has 5 amide bonds. The summed E-state index contributed by atoms with van der Waals surface area (Å²) in [6.45, 7) is 8.11. The average molecular weight is 1210 g/mol. The molecule has 2 aromatic rings. The van der Waals surface area contributed by atoms with E-state index >= 15 is 0 Å². The molecule has 4 bridgehead atoms. The number of likely N-dealkylation sites (N-methyl/N-ethyl adjacent to an activating group) is 3. The third-order valence-electron chi connectivity index (χ3n) is 15.8. The molecule has 4 N–H and O–H groups in total. The Labute approximate surface area is 502 Å². The Morgan fingerprint density at radius 2 is 1.67 bits per heavy atom. The quantitative estimate of drug-likeness (QED) is 0.0446. The first-order valence-corrected chi connectivity index (χ1v) is 29.1. The highest BCUT2D eigenvalue weighted by atomic mass is 35.5. The van der Waals surface area contributed by atoms with Gasteiger partial charge in [0.05, 0.1) is 42.6 Å². The number of hydrogen-bond acceptors (Lipinski definition) is 18. The summed E-state index contributed by atoms with van der Waals surface area (Å²) in [5.74, 6) is -2.08. The largest absolute Gasteiger partial charge is 0.495 e. The van der Waals surface area contributed by atoms with Crippen LogP contribution in [-0.4, -0.2) is 177 Å². The highest BCUT2D eigenvalue weighted by Gasteiger charge is 2.64. The van der Waals surface area contributed by atoms with Crippen molar-refractivity contribution in [3.05, 3.63) is 88.0 Å². The van der Waals surface area contributed by atoms with Crippen LogP contribution in [0.5, 0.6) is 5.75 Å². The van der Waals surface area contributed by atoms with Crippen molar-refractivity contribution in [1.29, 1.82) is 0 Å². The number of carbonyl (C=O) groups excluding carboxylic acids is 8. The van der Waals surface area contributed by atoms with Crippen LogP contribution in [0.1, 0.15) is 109 Å². The molecule has 0 spiro atoms. The normalized spacial score (nSPS) is 25.8. The van der Waals surface area contributed by atoms with E-state index in [1.807, 2.05) is 31.2 Å². The Kier molecular flexibility index (Phi) is 24.2. The van der Waals surface area contributed by atoms with Crippen LogP contribution in [-0.2, 0) is 71.8 Å². The molecule has 466 valence electrons. The van der Waals surface area contributed by atoms with Gasteiger partial charge in [-0.05, 0) is 93.8 Å². The van der Waals surface area contributed by atoms with Gasteiger partial charge in [0.2, 0.25) is 5.91 Å². The number of anilines is 2. The van der Waals surface area contributed by atoms with Crippen LogP contribution in [0.25, 0.3) is 0 Å². The number of benzene rings is 2. The van der Waals surface area contributed by atoms with Crippen LogP contribution in [0.3, 0.4) is 0 Å². The molecule has 1 unspecified atom stereocenters. The number of methoxy groups -OCH3 is 2. The summed E-state index contributed by atoms with van der Waals surface area (Å²) in [6, 6.07) is 7.35. The van der Waals surface area contributed by atoms with Gasteiger partial charge in [0.1, 0.15) is 60.8 Å². The SMILES string of the molecule is CCC(=O)CNc1cc(COC(=O)N(C)CCN(C)C(=O)OCCC(=O)N(C)[C@@H](C)C(=O)O[C@H]2CC(=O)Cc3cc(cc(OC)c3Cl)C/C(C)=C/C=C/[C@@H](OC)[C@@]3(O)C[C@H](OC(=O)N3)[C@@H](C)[C@@H]3O[C@@]23C)ccc1NC(=O)OC1/C=C/CCCCC1. The molecule has 2 fully saturated rings. The lowest BCUT2D eigenvalue weighted by molar-refractivity contribution is -0.162. The fourth-order valence-electron chi connectivity index (χ4n) is 10.3. The summed E-state index contributed by atoms with van der Waals surface area (Å²) in [6.07, 6.45) is 6.48. The number of allylic oxidation sites excluding steroid dienone is 4. The van der Waals surface area contributed by atoms with Gasteiger partial charge in [-0.3, -0.25) is 25.0 Å². The zero-order valence-corrected chi connectivity index (χ0v) is 51.1. The first kappa shape index (κ1) is 66.9.